The summed E-state index contributed by atoms with van der Waals surface area (Å²) in [7, 11) is 0. The van der Waals surface area contributed by atoms with Crippen molar-refractivity contribution in [2.24, 2.45) is 5.73 Å². The van der Waals surface area contributed by atoms with Gasteiger partial charge in [-0.2, -0.15) is 0 Å². The molecule has 1 aromatic carbocycles. The third-order valence-corrected chi connectivity index (χ3v) is 3.50. The maximum atomic E-state index is 10.9. The molecule has 1 amide bonds. The summed E-state index contributed by atoms with van der Waals surface area (Å²) in [5.41, 5.74) is 7.34. The summed E-state index contributed by atoms with van der Waals surface area (Å²) in [5, 5.41) is 3.34. The van der Waals surface area contributed by atoms with E-state index in [2.05, 4.69) is 40.3 Å². The molecule has 0 radical (unpaired) electrons. The lowest BCUT2D eigenvalue weighted by Crippen LogP contribution is -2.42. The molecular weight excluding hydrogens is 280 g/mol. The van der Waals surface area contributed by atoms with E-state index in [1.54, 1.807) is 0 Å². The van der Waals surface area contributed by atoms with E-state index in [0.717, 1.165) is 11.0 Å². The standard InChI is InChI=1S/C13H19BrN2O/c1-9-6-10(4-5-11(9)14)8-16-13(2,3)7-12(15)17/h4-6,16H,7-8H2,1-3H3,(H2,15,17). The number of nitrogens with one attached hydrogen (secondary N) is 1. The summed E-state index contributed by atoms with van der Waals surface area (Å²) in [6, 6.07) is 6.22. The van der Waals surface area contributed by atoms with Crippen molar-refractivity contribution >= 4 is 21.8 Å². The van der Waals surface area contributed by atoms with Gasteiger partial charge in [-0.3, -0.25) is 4.79 Å². The molecule has 0 aliphatic heterocycles. The average Bonchev–Trinajstić information content (AvgIpc) is 2.18. The van der Waals surface area contributed by atoms with Gasteiger partial charge in [0, 0.05) is 23.0 Å². The van der Waals surface area contributed by atoms with Gasteiger partial charge in [0.05, 0.1) is 0 Å². The number of amides is 1. The second kappa shape index (κ2) is 5.65. The Hall–Kier alpha value is -0.870. The van der Waals surface area contributed by atoms with Gasteiger partial charge in [0.15, 0.2) is 0 Å². The van der Waals surface area contributed by atoms with Gasteiger partial charge in [-0.25, -0.2) is 0 Å². The van der Waals surface area contributed by atoms with Gasteiger partial charge in [-0.15, -0.1) is 0 Å². The molecule has 0 aromatic heterocycles. The van der Waals surface area contributed by atoms with Crippen molar-refractivity contribution in [3.8, 4) is 0 Å². The van der Waals surface area contributed by atoms with Gasteiger partial charge >= 0.3 is 0 Å². The van der Waals surface area contributed by atoms with Crippen LogP contribution in [0.25, 0.3) is 0 Å². The highest BCUT2D eigenvalue weighted by Crippen LogP contribution is 2.18. The second-order valence-corrected chi connectivity index (χ2v) is 5.82. The van der Waals surface area contributed by atoms with Crippen LogP contribution >= 0.6 is 15.9 Å². The summed E-state index contributed by atoms with van der Waals surface area (Å²) >= 11 is 3.47. The fourth-order valence-electron chi connectivity index (χ4n) is 1.66. The van der Waals surface area contributed by atoms with Crippen LogP contribution in [-0.2, 0) is 11.3 Å². The number of primary amides is 1. The number of rotatable bonds is 5. The predicted octanol–water partition coefficient (Wildman–Crippen LogP) is 2.50. The van der Waals surface area contributed by atoms with E-state index in [4.69, 9.17) is 5.73 Å². The minimum atomic E-state index is -0.283. The third kappa shape index (κ3) is 4.88. The Morgan fingerprint density at radius 3 is 2.65 bits per heavy atom. The Balaban J connectivity index is 2.60. The van der Waals surface area contributed by atoms with Crippen LogP contribution in [0.15, 0.2) is 22.7 Å². The monoisotopic (exact) mass is 298 g/mol. The zero-order chi connectivity index (χ0) is 13.1. The maximum Gasteiger partial charge on any atom is 0.219 e. The van der Waals surface area contributed by atoms with E-state index in [1.165, 1.54) is 11.1 Å². The quantitative estimate of drug-likeness (QED) is 0.877. The fraction of sp³-hybridized carbons (Fsp3) is 0.462. The molecule has 3 nitrogen and oxygen atoms in total. The fourth-order valence-corrected chi connectivity index (χ4v) is 1.90. The van der Waals surface area contributed by atoms with Crippen LogP contribution in [0.3, 0.4) is 0 Å². The summed E-state index contributed by atoms with van der Waals surface area (Å²) in [6.07, 6.45) is 0.336. The zero-order valence-electron chi connectivity index (χ0n) is 10.5. The van der Waals surface area contributed by atoms with Crippen molar-refractivity contribution < 1.29 is 4.79 Å². The molecule has 3 N–H and O–H groups in total. The van der Waals surface area contributed by atoms with Crippen LogP contribution in [0.1, 0.15) is 31.4 Å². The van der Waals surface area contributed by atoms with Gasteiger partial charge in [0.25, 0.3) is 0 Å². The minimum absolute atomic E-state index is 0.271. The lowest BCUT2D eigenvalue weighted by atomic mass is 9.99. The van der Waals surface area contributed by atoms with E-state index < -0.39 is 0 Å². The number of hydrogen-bond donors (Lipinski definition) is 2. The van der Waals surface area contributed by atoms with Crippen molar-refractivity contribution in [3.05, 3.63) is 33.8 Å². The van der Waals surface area contributed by atoms with Crippen LogP contribution in [0.4, 0.5) is 0 Å². The lowest BCUT2D eigenvalue weighted by molar-refractivity contribution is -0.119. The topological polar surface area (TPSA) is 55.1 Å². The van der Waals surface area contributed by atoms with Crippen LogP contribution in [-0.4, -0.2) is 11.4 Å². The smallest absolute Gasteiger partial charge is 0.219 e. The molecule has 0 aliphatic rings. The Kier molecular flexibility index (Phi) is 4.71. The van der Waals surface area contributed by atoms with Gasteiger partial charge in [0.2, 0.25) is 5.91 Å². The second-order valence-electron chi connectivity index (χ2n) is 4.96. The number of nitrogens with two attached hydrogens (primary N) is 1. The third-order valence-electron chi connectivity index (χ3n) is 2.61. The molecule has 1 aromatic rings. The van der Waals surface area contributed by atoms with E-state index in [0.29, 0.717) is 6.42 Å². The molecule has 0 spiro atoms. The number of benzene rings is 1. The molecule has 0 fully saturated rings. The van der Waals surface area contributed by atoms with Crippen molar-refractivity contribution in [2.75, 3.05) is 0 Å². The first-order valence-corrected chi connectivity index (χ1v) is 6.38. The van der Waals surface area contributed by atoms with Crippen LogP contribution < -0.4 is 11.1 Å². The largest absolute Gasteiger partial charge is 0.370 e. The molecule has 0 aliphatic carbocycles. The van der Waals surface area contributed by atoms with Crippen molar-refractivity contribution in [2.45, 2.75) is 39.3 Å². The average molecular weight is 299 g/mol. The van der Waals surface area contributed by atoms with Crippen molar-refractivity contribution in [3.63, 3.8) is 0 Å². The number of aryl methyl sites for hydroxylation is 1. The van der Waals surface area contributed by atoms with Gasteiger partial charge in [-0.05, 0) is 38.0 Å². The normalized spacial score (nSPS) is 11.5. The highest BCUT2D eigenvalue weighted by molar-refractivity contribution is 9.10. The van der Waals surface area contributed by atoms with Crippen LogP contribution in [0.2, 0.25) is 0 Å². The van der Waals surface area contributed by atoms with E-state index in [-0.39, 0.29) is 11.4 Å². The molecule has 17 heavy (non-hydrogen) atoms. The van der Waals surface area contributed by atoms with E-state index in [1.807, 2.05) is 19.9 Å². The SMILES string of the molecule is Cc1cc(CNC(C)(C)CC(N)=O)ccc1Br. The highest BCUT2D eigenvalue weighted by atomic mass is 79.9. The van der Waals surface area contributed by atoms with Crippen molar-refractivity contribution in [1.29, 1.82) is 0 Å². The lowest BCUT2D eigenvalue weighted by Gasteiger charge is -2.25. The molecule has 94 valence electrons. The van der Waals surface area contributed by atoms with Gasteiger partial charge in [-0.1, -0.05) is 28.1 Å². The number of carbonyl (C=O) groups is 1. The molecule has 4 heteroatoms. The molecular formula is C13H19BrN2O. The Morgan fingerprint density at radius 2 is 2.12 bits per heavy atom. The zero-order valence-corrected chi connectivity index (χ0v) is 12.1. The van der Waals surface area contributed by atoms with Crippen LogP contribution in [0.5, 0.6) is 0 Å². The maximum absolute atomic E-state index is 10.9. The van der Waals surface area contributed by atoms with Gasteiger partial charge < -0.3 is 11.1 Å². The molecule has 0 saturated heterocycles. The molecule has 1 rings (SSSR count). The summed E-state index contributed by atoms with van der Waals surface area (Å²) in [4.78, 5) is 10.9. The molecule has 0 saturated carbocycles. The molecule has 0 bridgehead atoms. The number of halogens is 1. The first kappa shape index (κ1) is 14.2. The first-order chi connectivity index (χ1) is 7.80. The summed E-state index contributed by atoms with van der Waals surface area (Å²) < 4.78 is 1.11. The summed E-state index contributed by atoms with van der Waals surface area (Å²) in [6.45, 7) is 6.74. The number of hydrogen-bond acceptors (Lipinski definition) is 2. The molecule has 0 heterocycles. The minimum Gasteiger partial charge on any atom is -0.370 e. The Labute approximate surface area is 111 Å². The summed E-state index contributed by atoms with van der Waals surface area (Å²) in [5.74, 6) is -0.283. The number of carbonyl (C=O) groups excluding carboxylic acids is 1. The predicted molar refractivity (Wildman–Crippen MR) is 73.6 cm³/mol. The molecule has 0 unspecified atom stereocenters. The Morgan fingerprint density at radius 1 is 1.47 bits per heavy atom. The Bertz CT molecular complexity index is 416. The highest BCUT2D eigenvalue weighted by Gasteiger charge is 2.19. The van der Waals surface area contributed by atoms with E-state index >= 15 is 0 Å². The van der Waals surface area contributed by atoms with Gasteiger partial charge in [0.1, 0.15) is 0 Å². The first-order valence-electron chi connectivity index (χ1n) is 5.58. The molecule has 0 atom stereocenters. The van der Waals surface area contributed by atoms with Crippen molar-refractivity contribution in [1.82, 2.24) is 5.32 Å². The van der Waals surface area contributed by atoms with Crippen LogP contribution in [0, 0.1) is 6.92 Å². The van der Waals surface area contributed by atoms with E-state index in [9.17, 15) is 4.79 Å².